The topological polar surface area (TPSA) is 108 Å². The molecule has 0 unspecified atom stereocenters. The lowest BCUT2D eigenvalue weighted by atomic mass is 9.70. The summed E-state index contributed by atoms with van der Waals surface area (Å²) in [6.07, 6.45) is -0.764. The Morgan fingerprint density at radius 3 is 2.03 bits per heavy atom. The molecule has 9 heteroatoms. The standard InChI is InChI=1S/C27H26N2O7/c1-18-9-13-21(14-10-18)28-24(20-11-15-22(16-12-20)29(32)33)27(25(30)34-2,26(31)35-3)17-23(36-28)19-7-5-4-6-8-19/h4-16,23-24H,17H2,1-3H3/t23-,24-/m1/s1. The monoisotopic (exact) mass is 490 g/mol. The molecule has 9 nitrogen and oxygen atoms in total. The fourth-order valence-electron chi connectivity index (χ4n) is 4.62. The number of rotatable bonds is 6. The number of non-ortho nitro benzene ring substituents is 1. The first kappa shape index (κ1) is 24.9. The second-order valence-corrected chi connectivity index (χ2v) is 8.58. The van der Waals surface area contributed by atoms with Crippen molar-refractivity contribution in [1.29, 1.82) is 0 Å². The summed E-state index contributed by atoms with van der Waals surface area (Å²) in [5.41, 5.74) is 0.832. The van der Waals surface area contributed by atoms with Crippen molar-refractivity contribution in [3.05, 3.63) is 106 Å². The summed E-state index contributed by atoms with van der Waals surface area (Å²) in [4.78, 5) is 44.3. The van der Waals surface area contributed by atoms with Crippen LogP contribution in [0.4, 0.5) is 11.4 Å². The first-order valence-corrected chi connectivity index (χ1v) is 11.3. The number of carbonyl (C=O) groups excluding carboxylic acids is 2. The van der Waals surface area contributed by atoms with E-state index >= 15 is 0 Å². The summed E-state index contributed by atoms with van der Waals surface area (Å²) in [5.74, 6) is -1.59. The van der Waals surface area contributed by atoms with Gasteiger partial charge in [-0.25, -0.2) is 5.06 Å². The first-order valence-electron chi connectivity index (χ1n) is 11.3. The van der Waals surface area contributed by atoms with Gasteiger partial charge < -0.3 is 9.47 Å². The van der Waals surface area contributed by atoms with Crippen LogP contribution in [0.25, 0.3) is 0 Å². The van der Waals surface area contributed by atoms with Crippen molar-refractivity contribution in [2.24, 2.45) is 5.41 Å². The highest BCUT2D eigenvalue weighted by Gasteiger charge is 2.62. The minimum atomic E-state index is -1.84. The van der Waals surface area contributed by atoms with Crippen LogP contribution in [-0.2, 0) is 23.9 Å². The Morgan fingerprint density at radius 1 is 0.917 bits per heavy atom. The van der Waals surface area contributed by atoms with Gasteiger partial charge in [-0.1, -0.05) is 48.0 Å². The number of methoxy groups -OCH3 is 2. The molecule has 0 N–H and O–H groups in total. The minimum absolute atomic E-state index is 0.0691. The van der Waals surface area contributed by atoms with Crippen LogP contribution >= 0.6 is 0 Å². The first-order chi connectivity index (χ1) is 17.3. The zero-order valence-corrected chi connectivity index (χ0v) is 20.1. The molecular weight excluding hydrogens is 464 g/mol. The van der Waals surface area contributed by atoms with Crippen LogP contribution in [0.2, 0.25) is 0 Å². The number of carbonyl (C=O) groups is 2. The molecule has 1 heterocycles. The van der Waals surface area contributed by atoms with Crippen LogP contribution in [0.1, 0.15) is 35.3 Å². The molecule has 0 spiro atoms. The lowest BCUT2D eigenvalue weighted by molar-refractivity contribution is -0.384. The van der Waals surface area contributed by atoms with Gasteiger partial charge in [0.2, 0.25) is 0 Å². The normalized spacial score (nSPS) is 18.8. The SMILES string of the molecule is COC(=O)C1(C(=O)OC)C[C@H](c2ccccc2)ON(c2ccc(C)cc2)[C@@H]1c1ccc([N+](=O)[O-])cc1. The Labute approximate surface area is 208 Å². The van der Waals surface area contributed by atoms with E-state index in [2.05, 4.69) is 0 Å². The number of hydrogen-bond donors (Lipinski definition) is 0. The van der Waals surface area contributed by atoms with Gasteiger partial charge in [0.15, 0.2) is 5.41 Å². The molecule has 0 radical (unpaired) electrons. The molecule has 3 aromatic rings. The van der Waals surface area contributed by atoms with Gasteiger partial charge in [0.05, 0.1) is 24.8 Å². The van der Waals surface area contributed by atoms with E-state index in [0.29, 0.717) is 11.3 Å². The predicted octanol–water partition coefficient (Wildman–Crippen LogP) is 4.86. The number of aryl methyl sites for hydroxylation is 1. The van der Waals surface area contributed by atoms with E-state index in [4.69, 9.17) is 14.3 Å². The molecule has 2 atom stereocenters. The molecule has 4 rings (SSSR count). The molecule has 1 saturated heterocycles. The van der Waals surface area contributed by atoms with E-state index in [1.807, 2.05) is 61.5 Å². The molecule has 0 aromatic heterocycles. The Hall–Kier alpha value is -4.24. The van der Waals surface area contributed by atoms with E-state index in [1.165, 1.54) is 43.5 Å². The third-order valence-electron chi connectivity index (χ3n) is 6.43. The van der Waals surface area contributed by atoms with Gasteiger partial charge in [-0.2, -0.15) is 0 Å². The summed E-state index contributed by atoms with van der Waals surface area (Å²) in [6, 6.07) is 21.3. The molecule has 1 aliphatic heterocycles. The number of benzene rings is 3. The van der Waals surface area contributed by atoms with Crippen LogP contribution in [-0.4, -0.2) is 31.1 Å². The van der Waals surface area contributed by atoms with Crippen molar-refractivity contribution in [2.75, 3.05) is 19.3 Å². The van der Waals surface area contributed by atoms with E-state index in [0.717, 1.165) is 11.1 Å². The molecule has 0 saturated carbocycles. The fraction of sp³-hybridized carbons (Fsp3) is 0.259. The largest absolute Gasteiger partial charge is 0.468 e. The van der Waals surface area contributed by atoms with Crippen LogP contribution in [0.5, 0.6) is 0 Å². The Bertz CT molecular complexity index is 1230. The summed E-state index contributed by atoms with van der Waals surface area (Å²) < 4.78 is 10.4. The van der Waals surface area contributed by atoms with Crippen molar-refractivity contribution < 1.29 is 28.8 Å². The lowest BCUT2D eigenvalue weighted by Crippen LogP contribution is -2.56. The molecule has 36 heavy (non-hydrogen) atoms. The highest BCUT2D eigenvalue weighted by molar-refractivity contribution is 6.02. The Kier molecular flexibility index (Phi) is 7.03. The van der Waals surface area contributed by atoms with Crippen molar-refractivity contribution in [3.63, 3.8) is 0 Å². The average molecular weight is 491 g/mol. The maximum Gasteiger partial charge on any atom is 0.325 e. The predicted molar refractivity (Wildman–Crippen MR) is 131 cm³/mol. The van der Waals surface area contributed by atoms with Gasteiger partial charge in [0.25, 0.3) is 5.69 Å². The van der Waals surface area contributed by atoms with Gasteiger partial charge >= 0.3 is 11.9 Å². The molecule has 0 amide bonds. The highest BCUT2D eigenvalue weighted by Crippen LogP contribution is 2.53. The number of anilines is 1. The number of hydrogen-bond acceptors (Lipinski definition) is 8. The van der Waals surface area contributed by atoms with Crippen molar-refractivity contribution in [2.45, 2.75) is 25.5 Å². The zero-order chi connectivity index (χ0) is 25.9. The summed E-state index contributed by atoms with van der Waals surface area (Å²) in [6.45, 7) is 1.94. The molecule has 3 aromatic carbocycles. The number of nitrogens with zero attached hydrogens (tertiary/aromatic N) is 2. The molecule has 1 fully saturated rings. The molecule has 0 aliphatic carbocycles. The molecular formula is C27H26N2O7. The third-order valence-corrected chi connectivity index (χ3v) is 6.43. The number of nitro groups is 1. The number of nitro benzene ring substituents is 1. The highest BCUT2D eigenvalue weighted by atomic mass is 16.7. The third kappa shape index (κ3) is 4.40. The average Bonchev–Trinajstić information content (AvgIpc) is 2.92. The van der Waals surface area contributed by atoms with Crippen LogP contribution < -0.4 is 5.06 Å². The minimum Gasteiger partial charge on any atom is -0.468 e. The molecule has 1 aliphatic rings. The van der Waals surface area contributed by atoms with Gasteiger partial charge in [0.1, 0.15) is 12.1 Å². The van der Waals surface area contributed by atoms with E-state index in [-0.39, 0.29) is 12.1 Å². The Morgan fingerprint density at radius 2 is 1.50 bits per heavy atom. The van der Waals surface area contributed by atoms with E-state index < -0.39 is 34.4 Å². The molecule has 0 bridgehead atoms. The summed E-state index contributed by atoms with van der Waals surface area (Å²) in [5, 5.41) is 12.8. The number of hydroxylamine groups is 1. The van der Waals surface area contributed by atoms with Crippen LogP contribution in [0, 0.1) is 22.5 Å². The van der Waals surface area contributed by atoms with E-state index in [1.54, 1.807) is 0 Å². The maximum absolute atomic E-state index is 13.5. The van der Waals surface area contributed by atoms with Gasteiger partial charge in [-0.3, -0.25) is 24.5 Å². The number of ether oxygens (including phenoxy) is 2. The Balaban J connectivity index is 1.97. The van der Waals surface area contributed by atoms with Crippen molar-refractivity contribution in [1.82, 2.24) is 0 Å². The molecule has 186 valence electrons. The second kappa shape index (κ2) is 10.2. The summed E-state index contributed by atoms with van der Waals surface area (Å²) >= 11 is 0. The van der Waals surface area contributed by atoms with Gasteiger partial charge in [-0.15, -0.1) is 0 Å². The van der Waals surface area contributed by atoms with Crippen molar-refractivity contribution in [3.8, 4) is 0 Å². The second-order valence-electron chi connectivity index (χ2n) is 8.58. The quantitative estimate of drug-likeness (QED) is 0.209. The van der Waals surface area contributed by atoms with E-state index in [9.17, 15) is 19.7 Å². The zero-order valence-electron chi connectivity index (χ0n) is 20.1. The van der Waals surface area contributed by atoms with Gasteiger partial charge in [-0.05, 0) is 42.3 Å². The van der Waals surface area contributed by atoms with Crippen molar-refractivity contribution >= 4 is 23.3 Å². The fourth-order valence-corrected chi connectivity index (χ4v) is 4.62. The number of esters is 2. The van der Waals surface area contributed by atoms with Gasteiger partial charge in [0, 0.05) is 18.6 Å². The summed E-state index contributed by atoms with van der Waals surface area (Å²) in [7, 11) is 2.42. The van der Waals surface area contributed by atoms with Crippen LogP contribution in [0.15, 0.2) is 78.9 Å². The van der Waals surface area contributed by atoms with Crippen LogP contribution in [0.3, 0.4) is 0 Å². The maximum atomic E-state index is 13.5. The lowest BCUT2D eigenvalue weighted by Gasteiger charge is -2.49. The smallest absolute Gasteiger partial charge is 0.325 e.